The van der Waals surface area contributed by atoms with Gasteiger partial charge in [0.2, 0.25) is 0 Å². The third-order valence-corrected chi connectivity index (χ3v) is 4.73. The molecule has 1 aliphatic carbocycles. The fraction of sp³-hybridized carbons (Fsp3) is 0.765. The van der Waals surface area contributed by atoms with E-state index in [1.807, 2.05) is 4.68 Å². The number of ether oxygens (including phenoxy) is 1. The predicted octanol–water partition coefficient (Wildman–Crippen LogP) is 3.32. The minimum Gasteiger partial charge on any atom is -0.370 e. The van der Waals surface area contributed by atoms with Gasteiger partial charge in [-0.3, -0.25) is 9.48 Å². The summed E-state index contributed by atoms with van der Waals surface area (Å²) in [5.41, 5.74) is 1.53. The van der Waals surface area contributed by atoms with E-state index in [9.17, 15) is 4.79 Å². The summed E-state index contributed by atoms with van der Waals surface area (Å²) >= 11 is 0. The van der Waals surface area contributed by atoms with Crippen molar-refractivity contribution >= 4 is 5.78 Å². The topological polar surface area (TPSA) is 44.1 Å². The number of ketones is 1. The van der Waals surface area contributed by atoms with E-state index in [2.05, 4.69) is 25.0 Å². The van der Waals surface area contributed by atoms with Crippen LogP contribution in [0.2, 0.25) is 0 Å². The first-order valence-corrected chi connectivity index (χ1v) is 8.29. The fourth-order valence-corrected chi connectivity index (χ4v) is 3.33. The van der Waals surface area contributed by atoms with E-state index < -0.39 is 5.60 Å². The summed E-state index contributed by atoms with van der Waals surface area (Å²) in [6.45, 7) is 4.97. The van der Waals surface area contributed by atoms with Crippen LogP contribution in [0.25, 0.3) is 0 Å². The Balaban J connectivity index is 2.16. The fourth-order valence-electron chi connectivity index (χ4n) is 3.33. The van der Waals surface area contributed by atoms with E-state index in [1.165, 1.54) is 12.8 Å². The molecule has 1 aliphatic rings. The Morgan fingerprint density at radius 3 is 2.48 bits per heavy atom. The summed E-state index contributed by atoms with van der Waals surface area (Å²) in [6.07, 6.45) is 7.68. The zero-order valence-corrected chi connectivity index (χ0v) is 13.7. The van der Waals surface area contributed by atoms with Crippen molar-refractivity contribution < 1.29 is 9.53 Å². The van der Waals surface area contributed by atoms with Crippen molar-refractivity contribution in [3.05, 3.63) is 17.5 Å². The molecule has 0 atom stereocenters. The number of aromatic nitrogens is 2. The Morgan fingerprint density at radius 1 is 1.29 bits per heavy atom. The molecule has 0 spiro atoms. The van der Waals surface area contributed by atoms with Gasteiger partial charge in [-0.1, -0.05) is 32.6 Å². The smallest absolute Gasteiger partial charge is 0.170 e. The number of rotatable bonds is 6. The minimum absolute atomic E-state index is 0.226. The lowest BCUT2D eigenvalue weighted by Gasteiger charge is -2.29. The summed E-state index contributed by atoms with van der Waals surface area (Å²) in [7, 11) is 1.69. The number of carbonyl (C=O) groups is 1. The first kappa shape index (κ1) is 16.2. The Kier molecular flexibility index (Phi) is 5.57. The number of hydrogen-bond acceptors (Lipinski definition) is 3. The van der Waals surface area contributed by atoms with Gasteiger partial charge in [-0.2, -0.15) is 5.10 Å². The normalized spacial score (nSPS) is 18.4. The molecule has 0 amide bonds. The van der Waals surface area contributed by atoms with Gasteiger partial charge in [0.25, 0.3) is 0 Å². The van der Waals surface area contributed by atoms with Crippen LogP contribution in [0.15, 0.2) is 6.07 Å². The van der Waals surface area contributed by atoms with Gasteiger partial charge in [0, 0.05) is 19.3 Å². The lowest BCUT2D eigenvalue weighted by atomic mass is 9.87. The van der Waals surface area contributed by atoms with Gasteiger partial charge in [0.05, 0.1) is 12.1 Å². The van der Waals surface area contributed by atoms with Crippen LogP contribution >= 0.6 is 0 Å². The van der Waals surface area contributed by atoms with Gasteiger partial charge in [-0.05, 0) is 32.3 Å². The molecule has 2 rings (SSSR count). The number of aryl methyl sites for hydroxylation is 2. The van der Waals surface area contributed by atoms with E-state index in [-0.39, 0.29) is 5.78 Å². The predicted molar refractivity (Wildman–Crippen MR) is 83.4 cm³/mol. The summed E-state index contributed by atoms with van der Waals surface area (Å²) in [4.78, 5) is 12.9. The number of nitrogens with zero attached hydrogens (tertiary/aromatic N) is 2. The Labute approximate surface area is 127 Å². The Hall–Kier alpha value is -1.16. The average Bonchev–Trinajstić information content (AvgIpc) is 2.74. The molecular weight excluding hydrogens is 264 g/mol. The van der Waals surface area contributed by atoms with Crippen molar-refractivity contribution in [1.29, 1.82) is 0 Å². The van der Waals surface area contributed by atoms with E-state index in [4.69, 9.17) is 4.74 Å². The second-order valence-electron chi connectivity index (χ2n) is 6.01. The van der Waals surface area contributed by atoms with Crippen LogP contribution in [0.1, 0.15) is 63.8 Å². The molecule has 1 aromatic rings. The van der Waals surface area contributed by atoms with E-state index in [0.29, 0.717) is 6.42 Å². The molecule has 1 aromatic heterocycles. The highest BCUT2D eigenvalue weighted by Crippen LogP contribution is 2.32. The zero-order chi connectivity index (χ0) is 15.3. The second-order valence-corrected chi connectivity index (χ2v) is 6.01. The number of Topliss-reactive ketones (excluding diaryl/α,β-unsaturated/α-hetero) is 1. The van der Waals surface area contributed by atoms with Crippen molar-refractivity contribution in [2.24, 2.45) is 0 Å². The lowest BCUT2D eigenvalue weighted by molar-refractivity contribution is -0.142. The quantitative estimate of drug-likeness (QED) is 0.756. The Bertz CT molecular complexity index is 471. The van der Waals surface area contributed by atoms with Crippen LogP contribution in [0.3, 0.4) is 0 Å². The third-order valence-electron chi connectivity index (χ3n) is 4.73. The molecule has 4 heteroatoms. The maximum absolute atomic E-state index is 12.9. The van der Waals surface area contributed by atoms with E-state index >= 15 is 0 Å². The van der Waals surface area contributed by atoms with Crippen LogP contribution in [-0.4, -0.2) is 28.3 Å². The maximum Gasteiger partial charge on any atom is 0.170 e. The molecule has 1 saturated carbocycles. The standard InChI is InChI=1S/C17H28N2O2/c1-4-14-12-15(19(5-2)18-14)13-16(20)17(21-3)10-8-6-7-9-11-17/h12H,4-11,13H2,1-3H3. The molecule has 0 aromatic carbocycles. The largest absolute Gasteiger partial charge is 0.370 e. The SMILES string of the molecule is CCc1cc(CC(=O)C2(OC)CCCCCC2)n(CC)n1. The summed E-state index contributed by atoms with van der Waals surface area (Å²) in [6, 6.07) is 2.07. The van der Waals surface area contributed by atoms with Gasteiger partial charge in [-0.15, -0.1) is 0 Å². The van der Waals surface area contributed by atoms with Gasteiger partial charge < -0.3 is 4.74 Å². The molecule has 0 unspecified atom stereocenters. The average molecular weight is 292 g/mol. The Morgan fingerprint density at radius 2 is 1.95 bits per heavy atom. The third kappa shape index (κ3) is 3.54. The molecule has 4 nitrogen and oxygen atoms in total. The number of carbonyl (C=O) groups excluding carboxylic acids is 1. The van der Waals surface area contributed by atoms with Crippen LogP contribution in [-0.2, 0) is 28.9 Å². The highest BCUT2D eigenvalue weighted by atomic mass is 16.5. The van der Waals surface area contributed by atoms with Gasteiger partial charge >= 0.3 is 0 Å². The molecule has 0 radical (unpaired) electrons. The molecule has 118 valence electrons. The summed E-state index contributed by atoms with van der Waals surface area (Å²) < 4.78 is 7.68. The maximum atomic E-state index is 12.9. The first-order chi connectivity index (χ1) is 10.1. The van der Waals surface area contributed by atoms with Crippen molar-refractivity contribution in [3.63, 3.8) is 0 Å². The molecule has 1 heterocycles. The van der Waals surface area contributed by atoms with Crippen LogP contribution in [0, 0.1) is 0 Å². The first-order valence-electron chi connectivity index (χ1n) is 8.29. The van der Waals surface area contributed by atoms with Gasteiger partial charge in [0.1, 0.15) is 5.60 Å². The number of hydrogen-bond donors (Lipinski definition) is 0. The van der Waals surface area contributed by atoms with Crippen molar-refractivity contribution in [1.82, 2.24) is 9.78 Å². The second kappa shape index (κ2) is 7.21. The van der Waals surface area contributed by atoms with Crippen LogP contribution in [0.5, 0.6) is 0 Å². The molecule has 0 N–H and O–H groups in total. The lowest BCUT2D eigenvalue weighted by Crippen LogP contribution is -2.41. The molecular formula is C17H28N2O2. The summed E-state index contributed by atoms with van der Waals surface area (Å²) in [5, 5.41) is 4.54. The highest BCUT2D eigenvalue weighted by molar-refractivity contribution is 5.89. The molecule has 0 bridgehead atoms. The minimum atomic E-state index is -0.564. The molecule has 21 heavy (non-hydrogen) atoms. The highest BCUT2D eigenvalue weighted by Gasteiger charge is 2.38. The molecule has 0 saturated heterocycles. The van der Waals surface area contributed by atoms with Crippen LogP contribution in [0.4, 0.5) is 0 Å². The molecule has 1 fully saturated rings. The van der Waals surface area contributed by atoms with Crippen molar-refractivity contribution in [3.8, 4) is 0 Å². The van der Waals surface area contributed by atoms with Crippen LogP contribution < -0.4 is 0 Å². The van der Waals surface area contributed by atoms with E-state index in [1.54, 1.807) is 7.11 Å². The summed E-state index contributed by atoms with van der Waals surface area (Å²) in [5.74, 6) is 0.226. The van der Waals surface area contributed by atoms with E-state index in [0.717, 1.165) is 50.0 Å². The van der Waals surface area contributed by atoms with Crippen molar-refractivity contribution in [2.75, 3.05) is 7.11 Å². The molecule has 0 aliphatic heterocycles. The monoisotopic (exact) mass is 292 g/mol. The number of methoxy groups -OCH3 is 1. The van der Waals surface area contributed by atoms with Gasteiger partial charge in [-0.25, -0.2) is 0 Å². The van der Waals surface area contributed by atoms with Crippen molar-refractivity contribution in [2.45, 2.75) is 77.4 Å². The van der Waals surface area contributed by atoms with Gasteiger partial charge in [0.15, 0.2) is 5.78 Å². The zero-order valence-electron chi connectivity index (χ0n) is 13.7.